The molecule has 0 atom stereocenters. The largest absolute Gasteiger partial charge is 0.508 e. The molecular weight excluding hydrogens is 336 g/mol. The number of benzene rings is 4. The number of hydrogen-bond donors (Lipinski definition) is 1. The fourth-order valence-electron chi connectivity index (χ4n) is 3.34. The van der Waals surface area contributed by atoms with E-state index >= 15 is 0 Å². The molecular formula is C24H20OS. The molecule has 4 aromatic rings. The van der Waals surface area contributed by atoms with Crippen LogP contribution < -0.4 is 0 Å². The Hall–Kier alpha value is -2.97. The maximum atomic E-state index is 9.84. The second-order valence-corrected chi connectivity index (χ2v) is 9.16. The lowest BCUT2D eigenvalue weighted by Crippen LogP contribution is -2.04. The summed E-state index contributed by atoms with van der Waals surface area (Å²) in [5.41, 5.74) is 0. The molecule has 1 nitrogen and oxygen atoms in total. The van der Waals surface area contributed by atoms with Gasteiger partial charge in [-0.15, -0.1) is 10.0 Å². The van der Waals surface area contributed by atoms with Gasteiger partial charge >= 0.3 is 0 Å². The molecule has 0 amide bonds. The van der Waals surface area contributed by atoms with Crippen molar-refractivity contribution in [2.24, 2.45) is 0 Å². The zero-order valence-electron chi connectivity index (χ0n) is 14.3. The summed E-state index contributed by atoms with van der Waals surface area (Å²) >= 11 is 0. The van der Waals surface area contributed by atoms with E-state index in [1.54, 1.807) is 12.1 Å². The molecule has 0 saturated heterocycles. The summed E-state index contributed by atoms with van der Waals surface area (Å²) in [7, 11) is -1.64. The Morgan fingerprint density at radius 3 is 1.04 bits per heavy atom. The van der Waals surface area contributed by atoms with Crippen LogP contribution in [-0.2, 0) is 0 Å². The molecule has 0 spiro atoms. The topological polar surface area (TPSA) is 20.2 Å². The minimum atomic E-state index is -1.64. The van der Waals surface area contributed by atoms with E-state index in [1.807, 2.05) is 0 Å². The Morgan fingerprint density at radius 1 is 0.385 bits per heavy atom. The molecule has 26 heavy (non-hydrogen) atoms. The molecule has 0 saturated carbocycles. The maximum Gasteiger partial charge on any atom is 0.115 e. The average Bonchev–Trinajstić information content (AvgIpc) is 2.72. The number of phenolic OH excluding ortho intramolecular Hbond substituents is 1. The van der Waals surface area contributed by atoms with Crippen molar-refractivity contribution >= 4 is 10.0 Å². The van der Waals surface area contributed by atoms with E-state index in [1.165, 1.54) is 19.6 Å². The summed E-state index contributed by atoms with van der Waals surface area (Å²) in [5, 5.41) is 9.84. The van der Waals surface area contributed by atoms with Crippen LogP contribution in [0.4, 0.5) is 0 Å². The molecule has 0 radical (unpaired) electrons. The number of hydrogen-bond acceptors (Lipinski definition) is 1. The Kier molecular flexibility index (Phi) is 4.51. The normalized spacial score (nSPS) is 11.8. The van der Waals surface area contributed by atoms with Crippen molar-refractivity contribution in [2.45, 2.75) is 19.6 Å². The van der Waals surface area contributed by atoms with Crippen LogP contribution in [0.25, 0.3) is 0 Å². The highest BCUT2D eigenvalue weighted by molar-refractivity contribution is 8.34. The summed E-state index contributed by atoms with van der Waals surface area (Å²) in [6.07, 6.45) is 0. The molecule has 128 valence electrons. The fraction of sp³-hybridized carbons (Fsp3) is 0. The lowest BCUT2D eigenvalue weighted by atomic mass is 10.3. The van der Waals surface area contributed by atoms with Crippen molar-refractivity contribution in [3.05, 3.63) is 115 Å². The SMILES string of the molecule is Oc1ccc(S(c2ccccc2)(c2ccccc2)c2ccccc2)cc1. The van der Waals surface area contributed by atoms with Crippen molar-refractivity contribution < 1.29 is 5.11 Å². The minimum Gasteiger partial charge on any atom is -0.508 e. The van der Waals surface area contributed by atoms with Crippen molar-refractivity contribution in [1.29, 1.82) is 0 Å². The maximum absolute atomic E-state index is 9.84. The van der Waals surface area contributed by atoms with E-state index in [2.05, 4.69) is 103 Å². The van der Waals surface area contributed by atoms with Gasteiger partial charge in [0.2, 0.25) is 0 Å². The van der Waals surface area contributed by atoms with Crippen LogP contribution in [0, 0.1) is 0 Å². The minimum absolute atomic E-state index is 0.288. The highest BCUT2D eigenvalue weighted by Gasteiger charge is 2.32. The van der Waals surface area contributed by atoms with Crippen LogP contribution in [0.5, 0.6) is 5.75 Å². The fourth-order valence-corrected chi connectivity index (χ4v) is 7.21. The average molecular weight is 356 g/mol. The van der Waals surface area contributed by atoms with Crippen LogP contribution in [0.1, 0.15) is 0 Å². The first-order valence-electron chi connectivity index (χ1n) is 8.59. The van der Waals surface area contributed by atoms with Gasteiger partial charge in [0.1, 0.15) is 5.75 Å². The standard InChI is InChI=1S/C24H20OS/c25-20-16-18-24(19-17-20)26(21-10-4-1-5-11-21,22-12-6-2-7-13-22)23-14-8-3-9-15-23/h1-19,25H. The molecule has 0 heterocycles. The van der Waals surface area contributed by atoms with E-state index in [0.717, 1.165) is 0 Å². The van der Waals surface area contributed by atoms with Crippen molar-refractivity contribution in [3.63, 3.8) is 0 Å². The quantitative estimate of drug-likeness (QED) is 0.429. The van der Waals surface area contributed by atoms with E-state index in [4.69, 9.17) is 0 Å². The van der Waals surface area contributed by atoms with Gasteiger partial charge in [0.15, 0.2) is 0 Å². The summed E-state index contributed by atoms with van der Waals surface area (Å²) in [5.74, 6) is 0.288. The summed E-state index contributed by atoms with van der Waals surface area (Å²) < 4.78 is 0. The molecule has 0 fully saturated rings. The summed E-state index contributed by atoms with van der Waals surface area (Å²) in [4.78, 5) is 5.05. The molecule has 0 aliphatic heterocycles. The lowest BCUT2D eigenvalue weighted by molar-refractivity contribution is 0.475. The van der Waals surface area contributed by atoms with E-state index in [-0.39, 0.29) is 5.75 Å². The number of rotatable bonds is 4. The molecule has 4 rings (SSSR count). The molecule has 0 aliphatic carbocycles. The van der Waals surface area contributed by atoms with Crippen LogP contribution in [0.3, 0.4) is 0 Å². The third-order valence-corrected chi connectivity index (χ3v) is 8.40. The van der Waals surface area contributed by atoms with Gasteiger partial charge in [-0.1, -0.05) is 54.6 Å². The third kappa shape index (κ3) is 2.79. The van der Waals surface area contributed by atoms with Gasteiger partial charge in [-0.05, 0) is 60.7 Å². The number of aromatic hydroxyl groups is 1. The van der Waals surface area contributed by atoms with Gasteiger partial charge in [0.25, 0.3) is 0 Å². The zero-order chi connectivity index (χ0) is 17.8. The van der Waals surface area contributed by atoms with Crippen LogP contribution in [0.2, 0.25) is 0 Å². The van der Waals surface area contributed by atoms with Gasteiger partial charge in [0, 0.05) is 19.6 Å². The van der Waals surface area contributed by atoms with Gasteiger partial charge in [-0.3, -0.25) is 0 Å². The first-order valence-corrected chi connectivity index (χ1v) is 10.2. The molecule has 2 heteroatoms. The van der Waals surface area contributed by atoms with Crippen LogP contribution in [-0.4, -0.2) is 5.11 Å². The van der Waals surface area contributed by atoms with Gasteiger partial charge in [-0.25, -0.2) is 0 Å². The van der Waals surface area contributed by atoms with E-state index in [9.17, 15) is 5.11 Å². The first kappa shape index (κ1) is 16.5. The Bertz CT molecular complexity index is 868. The van der Waals surface area contributed by atoms with Crippen molar-refractivity contribution in [2.75, 3.05) is 0 Å². The second kappa shape index (κ2) is 7.11. The molecule has 0 unspecified atom stereocenters. The Morgan fingerprint density at radius 2 is 0.692 bits per heavy atom. The Labute approximate surface area is 155 Å². The summed E-state index contributed by atoms with van der Waals surface area (Å²) in [6, 6.07) is 39.7. The van der Waals surface area contributed by atoms with Crippen molar-refractivity contribution in [1.82, 2.24) is 0 Å². The van der Waals surface area contributed by atoms with Crippen LogP contribution in [0.15, 0.2) is 135 Å². The first-order chi connectivity index (χ1) is 12.8. The predicted octanol–water partition coefficient (Wildman–Crippen LogP) is 6.73. The monoisotopic (exact) mass is 356 g/mol. The predicted molar refractivity (Wildman–Crippen MR) is 108 cm³/mol. The molecule has 0 bridgehead atoms. The zero-order valence-corrected chi connectivity index (χ0v) is 15.1. The molecule has 0 aliphatic rings. The third-order valence-electron chi connectivity index (χ3n) is 4.48. The highest BCUT2D eigenvalue weighted by Crippen LogP contribution is 2.73. The van der Waals surface area contributed by atoms with Gasteiger partial charge in [-0.2, -0.15) is 0 Å². The highest BCUT2D eigenvalue weighted by atomic mass is 32.3. The van der Waals surface area contributed by atoms with Gasteiger partial charge in [0.05, 0.1) is 0 Å². The summed E-state index contributed by atoms with van der Waals surface area (Å²) in [6.45, 7) is 0. The van der Waals surface area contributed by atoms with Gasteiger partial charge < -0.3 is 5.11 Å². The molecule has 0 aromatic heterocycles. The number of phenols is 1. The smallest absolute Gasteiger partial charge is 0.115 e. The van der Waals surface area contributed by atoms with E-state index in [0.29, 0.717) is 0 Å². The van der Waals surface area contributed by atoms with Crippen molar-refractivity contribution in [3.8, 4) is 5.75 Å². The second-order valence-electron chi connectivity index (χ2n) is 6.05. The molecule has 1 N–H and O–H groups in total. The van der Waals surface area contributed by atoms with Crippen LogP contribution >= 0.6 is 10.0 Å². The Balaban J connectivity index is 2.12. The van der Waals surface area contributed by atoms with E-state index < -0.39 is 10.0 Å². The molecule has 4 aromatic carbocycles. The lowest BCUT2D eigenvalue weighted by Gasteiger charge is -2.42.